The summed E-state index contributed by atoms with van der Waals surface area (Å²) in [6.45, 7) is 3.56. The zero-order valence-electron chi connectivity index (χ0n) is 16.7. The van der Waals surface area contributed by atoms with Crippen molar-refractivity contribution in [2.24, 2.45) is 0 Å². The molecular weight excluding hydrogens is 408 g/mol. The summed E-state index contributed by atoms with van der Waals surface area (Å²) < 4.78 is 25.1. The molecule has 0 aliphatic carbocycles. The Balaban J connectivity index is 1.42. The van der Waals surface area contributed by atoms with Gasteiger partial charge in [-0.15, -0.1) is 0 Å². The van der Waals surface area contributed by atoms with Gasteiger partial charge in [-0.25, -0.2) is 13.1 Å². The Bertz CT molecular complexity index is 1170. The molecule has 1 saturated heterocycles. The first-order valence-corrected chi connectivity index (χ1v) is 11.5. The monoisotopic (exact) mass is 430 g/mol. The summed E-state index contributed by atoms with van der Waals surface area (Å²) in [4.78, 5) is 38.6. The molecule has 2 aliphatic heterocycles. The van der Waals surface area contributed by atoms with Crippen molar-refractivity contribution in [2.45, 2.75) is 32.7 Å². The number of carbonyl (C=O) groups excluding carboxylic acids is 3. The lowest BCUT2D eigenvalue weighted by molar-refractivity contribution is -0.116. The number of aryl methyl sites for hydroxylation is 2. The molecule has 0 bridgehead atoms. The van der Waals surface area contributed by atoms with Gasteiger partial charge in [0.1, 0.15) is 5.82 Å². The topological polar surface area (TPSA) is 118 Å². The van der Waals surface area contributed by atoms with E-state index in [4.69, 9.17) is 0 Å². The predicted octanol–water partition coefficient (Wildman–Crippen LogP) is 1.48. The molecule has 0 radical (unpaired) electrons. The molecule has 9 nitrogen and oxygen atoms in total. The number of nitrogens with one attached hydrogen (secondary N) is 1. The Hall–Kier alpha value is -3.01. The molecule has 2 aromatic rings. The Morgan fingerprint density at radius 2 is 1.90 bits per heavy atom. The van der Waals surface area contributed by atoms with Gasteiger partial charge in [0.2, 0.25) is 5.91 Å². The number of aromatic nitrogens is 2. The Kier molecular flexibility index (Phi) is 4.97. The van der Waals surface area contributed by atoms with Crippen LogP contribution in [0.2, 0.25) is 0 Å². The van der Waals surface area contributed by atoms with E-state index in [9.17, 15) is 22.8 Å². The first-order valence-electron chi connectivity index (χ1n) is 9.68. The van der Waals surface area contributed by atoms with Crippen LogP contribution in [0.3, 0.4) is 0 Å². The number of rotatable bonds is 5. The fraction of sp³-hybridized carbons (Fsp3) is 0.400. The summed E-state index contributed by atoms with van der Waals surface area (Å²) in [6.07, 6.45) is 0.373. The number of carbonyl (C=O) groups is 3. The van der Waals surface area contributed by atoms with Gasteiger partial charge in [0.05, 0.1) is 34.4 Å². The van der Waals surface area contributed by atoms with E-state index in [1.807, 2.05) is 6.92 Å². The third-order valence-electron chi connectivity index (χ3n) is 5.37. The molecule has 30 heavy (non-hydrogen) atoms. The molecule has 1 N–H and O–H groups in total. The van der Waals surface area contributed by atoms with E-state index in [1.54, 1.807) is 35.9 Å². The lowest BCUT2D eigenvalue weighted by Gasteiger charge is -2.15. The molecule has 0 saturated carbocycles. The van der Waals surface area contributed by atoms with Crippen molar-refractivity contribution in [3.63, 3.8) is 0 Å². The van der Waals surface area contributed by atoms with Crippen LogP contribution in [0.15, 0.2) is 24.3 Å². The van der Waals surface area contributed by atoms with Crippen LogP contribution in [-0.4, -0.2) is 58.9 Å². The standard InChI is InChI=1S/C20H22N4O5S/c1-12-3-4-15-16(9-12)20(27)23(19(15)26)7-5-18(25)21-17-10-13(2)22-24(17)14-6-8-30(28,29)11-14/h3-4,9-10,14H,5-8,11H2,1-2H3,(H,21,25). The van der Waals surface area contributed by atoms with Gasteiger partial charge in [-0.3, -0.25) is 19.3 Å². The summed E-state index contributed by atoms with van der Waals surface area (Å²) in [5.41, 5.74) is 2.25. The van der Waals surface area contributed by atoms with Gasteiger partial charge in [0.25, 0.3) is 11.8 Å². The highest BCUT2D eigenvalue weighted by molar-refractivity contribution is 7.91. The fourth-order valence-electron chi connectivity index (χ4n) is 3.88. The molecule has 158 valence electrons. The molecule has 0 spiro atoms. The molecule has 3 amide bonds. The zero-order valence-corrected chi connectivity index (χ0v) is 17.5. The van der Waals surface area contributed by atoms with Crippen molar-refractivity contribution in [3.8, 4) is 0 Å². The number of amides is 3. The average molecular weight is 430 g/mol. The number of sulfone groups is 1. The molecular formula is C20H22N4O5S. The highest BCUT2D eigenvalue weighted by Crippen LogP contribution is 2.27. The number of anilines is 1. The number of hydrogen-bond acceptors (Lipinski definition) is 6. The minimum Gasteiger partial charge on any atom is -0.311 e. The van der Waals surface area contributed by atoms with Crippen LogP contribution in [0, 0.1) is 13.8 Å². The number of hydrogen-bond donors (Lipinski definition) is 1. The first kappa shape index (κ1) is 20.3. The van der Waals surface area contributed by atoms with E-state index in [0.717, 1.165) is 10.5 Å². The maximum Gasteiger partial charge on any atom is 0.261 e. The second-order valence-corrected chi connectivity index (χ2v) is 10.0. The zero-order chi connectivity index (χ0) is 21.6. The lowest BCUT2D eigenvalue weighted by atomic mass is 10.1. The van der Waals surface area contributed by atoms with E-state index in [2.05, 4.69) is 10.4 Å². The summed E-state index contributed by atoms with van der Waals surface area (Å²) in [7, 11) is -3.10. The molecule has 1 aromatic heterocycles. The van der Waals surface area contributed by atoms with Crippen LogP contribution in [0.5, 0.6) is 0 Å². The van der Waals surface area contributed by atoms with Gasteiger partial charge in [-0.1, -0.05) is 11.6 Å². The first-order chi connectivity index (χ1) is 14.1. The number of benzene rings is 1. The molecule has 1 fully saturated rings. The molecule has 3 heterocycles. The Morgan fingerprint density at radius 1 is 1.17 bits per heavy atom. The third-order valence-corrected chi connectivity index (χ3v) is 7.12. The predicted molar refractivity (Wildman–Crippen MR) is 109 cm³/mol. The second kappa shape index (κ2) is 7.35. The largest absolute Gasteiger partial charge is 0.311 e. The fourth-order valence-corrected chi connectivity index (χ4v) is 5.57. The van der Waals surface area contributed by atoms with Crippen LogP contribution in [0.4, 0.5) is 5.82 Å². The number of fused-ring (bicyclic) bond motifs is 1. The maximum absolute atomic E-state index is 12.5. The van der Waals surface area contributed by atoms with E-state index in [-0.39, 0.29) is 36.4 Å². The van der Waals surface area contributed by atoms with Crippen molar-refractivity contribution in [1.82, 2.24) is 14.7 Å². The van der Waals surface area contributed by atoms with Crippen molar-refractivity contribution in [3.05, 3.63) is 46.6 Å². The normalized spacial score (nSPS) is 19.9. The Labute approximate surface area is 174 Å². The van der Waals surface area contributed by atoms with Gasteiger partial charge in [-0.2, -0.15) is 5.10 Å². The van der Waals surface area contributed by atoms with Crippen molar-refractivity contribution >= 4 is 33.4 Å². The molecule has 1 aromatic carbocycles. The van der Waals surface area contributed by atoms with Gasteiger partial charge in [0, 0.05) is 19.0 Å². The van der Waals surface area contributed by atoms with Crippen molar-refractivity contribution < 1.29 is 22.8 Å². The summed E-state index contributed by atoms with van der Waals surface area (Å²) in [6, 6.07) is 6.42. The average Bonchev–Trinajstić information content (AvgIpc) is 3.28. The minimum absolute atomic E-state index is 0.00848. The molecule has 10 heteroatoms. The summed E-state index contributed by atoms with van der Waals surface area (Å²) in [5.74, 6) is -0.681. The van der Waals surface area contributed by atoms with Gasteiger partial charge >= 0.3 is 0 Å². The van der Waals surface area contributed by atoms with E-state index in [0.29, 0.717) is 29.1 Å². The van der Waals surface area contributed by atoms with Gasteiger partial charge in [-0.05, 0) is 32.4 Å². The Morgan fingerprint density at radius 3 is 2.60 bits per heavy atom. The van der Waals surface area contributed by atoms with E-state index in [1.165, 1.54) is 0 Å². The smallest absolute Gasteiger partial charge is 0.261 e. The molecule has 2 aliphatic rings. The summed E-state index contributed by atoms with van der Waals surface area (Å²) >= 11 is 0. The molecule has 1 atom stereocenters. The van der Waals surface area contributed by atoms with Crippen LogP contribution < -0.4 is 5.32 Å². The number of imide groups is 1. The van der Waals surface area contributed by atoms with Crippen LogP contribution in [0.25, 0.3) is 0 Å². The van der Waals surface area contributed by atoms with E-state index < -0.39 is 21.7 Å². The SMILES string of the molecule is Cc1ccc2c(c1)C(=O)N(CCC(=O)Nc1cc(C)nn1C1CCS(=O)(=O)C1)C2=O. The highest BCUT2D eigenvalue weighted by atomic mass is 32.2. The van der Waals surface area contributed by atoms with E-state index >= 15 is 0 Å². The lowest BCUT2D eigenvalue weighted by Crippen LogP contribution is -2.33. The second-order valence-electron chi connectivity index (χ2n) is 7.78. The summed E-state index contributed by atoms with van der Waals surface area (Å²) in [5, 5.41) is 7.06. The van der Waals surface area contributed by atoms with Crippen molar-refractivity contribution in [1.29, 1.82) is 0 Å². The van der Waals surface area contributed by atoms with Crippen molar-refractivity contribution in [2.75, 3.05) is 23.4 Å². The number of nitrogens with zero attached hydrogens (tertiary/aromatic N) is 3. The third kappa shape index (κ3) is 3.74. The quantitative estimate of drug-likeness (QED) is 0.718. The van der Waals surface area contributed by atoms with Crippen LogP contribution in [-0.2, 0) is 14.6 Å². The minimum atomic E-state index is -3.10. The van der Waals surface area contributed by atoms with Crippen LogP contribution in [0.1, 0.15) is 50.9 Å². The highest BCUT2D eigenvalue weighted by Gasteiger charge is 2.35. The van der Waals surface area contributed by atoms with Gasteiger partial charge < -0.3 is 5.32 Å². The molecule has 4 rings (SSSR count). The van der Waals surface area contributed by atoms with Gasteiger partial charge in [0.15, 0.2) is 9.84 Å². The maximum atomic E-state index is 12.5. The van der Waals surface area contributed by atoms with Crippen LogP contribution >= 0.6 is 0 Å². The molecule has 1 unspecified atom stereocenters.